The third-order valence-corrected chi connectivity index (χ3v) is 7.73. The fraction of sp³-hybridized carbons (Fsp3) is 0.636. The topological polar surface area (TPSA) is 20.2 Å². The molecular formula is C22H28O. The van der Waals surface area contributed by atoms with Gasteiger partial charge in [0.25, 0.3) is 0 Å². The second-order valence-corrected chi connectivity index (χ2v) is 8.63. The van der Waals surface area contributed by atoms with Crippen LogP contribution in [0.25, 0.3) is 0 Å². The average Bonchev–Trinajstić information content (AvgIpc) is 2.75. The fourth-order valence-corrected chi connectivity index (χ4v) is 6.34. The van der Waals surface area contributed by atoms with Gasteiger partial charge in [0.15, 0.2) is 5.60 Å². The molecule has 4 rings (SSSR count). The van der Waals surface area contributed by atoms with E-state index >= 15 is 0 Å². The van der Waals surface area contributed by atoms with Crippen LogP contribution in [-0.2, 0) is 0 Å². The number of rotatable bonds is 0. The third-order valence-electron chi connectivity index (χ3n) is 7.73. The Morgan fingerprint density at radius 2 is 2.13 bits per heavy atom. The highest BCUT2D eigenvalue weighted by Gasteiger charge is 2.63. The predicted molar refractivity (Wildman–Crippen MR) is 94.5 cm³/mol. The summed E-state index contributed by atoms with van der Waals surface area (Å²) in [5, 5.41) is 11.1. The molecule has 0 aromatic heterocycles. The minimum Gasteiger partial charge on any atom is -0.373 e. The molecule has 23 heavy (non-hydrogen) atoms. The first-order valence-corrected chi connectivity index (χ1v) is 9.16. The van der Waals surface area contributed by atoms with Gasteiger partial charge in [0.1, 0.15) is 0 Å². The number of aliphatic hydroxyl groups is 1. The molecule has 2 fully saturated rings. The maximum atomic E-state index is 11.1. The molecule has 0 heterocycles. The summed E-state index contributed by atoms with van der Waals surface area (Å²) in [6, 6.07) is 0. The largest absolute Gasteiger partial charge is 0.373 e. The Morgan fingerprint density at radius 1 is 1.35 bits per heavy atom. The molecule has 0 aromatic rings. The first-order chi connectivity index (χ1) is 10.9. The molecule has 1 heteroatoms. The SMILES string of the molecule is C#C[C@]1(O)C(=C)CC2[C@@H]3CC=C4C=C(C)CCC4C3CC[C@@]21C. The quantitative estimate of drug-likeness (QED) is 0.510. The van der Waals surface area contributed by atoms with Gasteiger partial charge in [-0.25, -0.2) is 0 Å². The van der Waals surface area contributed by atoms with Crippen molar-refractivity contribution in [3.8, 4) is 12.3 Å². The molecule has 0 aromatic carbocycles. The van der Waals surface area contributed by atoms with E-state index in [1.165, 1.54) is 24.8 Å². The van der Waals surface area contributed by atoms with Gasteiger partial charge in [-0.3, -0.25) is 0 Å². The van der Waals surface area contributed by atoms with Gasteiger partial charge in [-0.15, -0.1) is 6.42 Å². The van der Waals surface area contributed by atoms with Crippen LogP contribution in [0.3, 0.4) is 0 Å². The molecule has 122 valence electrons. The van der Waals surface area contributed by atoms with E-state index in [-0.39, 0.29) is 5.41 Å². The van der Waals surface area contributed by atoms with E-state index in [2.05, 4.69) is 38.5 Å². The Labute approximate surface area is 140 Å². The lowest BCUT2D eigenvalue weighted by Gasteiger charge is -2.53. The molecule has 0 saturated heterocycles. The summed E-state index contributed by atoms with van der Waals surface area (Å²) >= 11 is 0. The summed E-state index contributed by atoms with van der Waals surface area (Å²) in [7, 11) is 0. The van der Waals surface area contributed by atoms with E-state index in [0.717, 1.165) is 36.7 Å². The molecule has 1 N–H and O–H groups in total. The van der Waals surface area contributed by atoms with Crippen molar-refractivity contribution in [1.29, 1.82) is 0 Å². The molecule has 0 radical (unpaired) electrons. The van der Waals surface area contributed by atoms with Crippen molar-refractivity contribution >= 4 is 0 Å². The molecule has 4 aliphatic carbocycles. The zero-order valence-electron chi connectivity index (χ0n) is 14.4. The van der Waals surface area contributed by atoms with Crippen LogP contribution >= 0.6 is 0 Å². The molecule has 0 amide bonds. The van der Waals surface area contributed by atoms with Gasteiger partial charge in [-0.05, 0) is 80.3 Å². The molecule has 6 atom stereocenters. The Morgan fingerprint density at radius 3 is 2.87 bits per heavy atom. The second-order valence-electron chi connectivity index (χ2n) is 8.63. The maximum absolute atomic E-state index is 11.1. The molecule has 1 nitrogen and oxygen atoms in total. The zero-order chi connectivity index (χ0) is 16.4. The number of hydrogen-bond donors (Lipinski definition) is 1. The lowest BCUT2D eigenvalue weighted by atomic mass is 9.51. The first kappa shape index (κ1) is 15.3. The summed E-state index contributed by atoms with van der Waals surface area (Å²) in [4.78, 5) is 0. The first-order valence-electron chi connectivity index (χ1n) is 9.16. The summed E-state index contributed by atoms with van der Waals surface area (Å²) < 4.78 is 0. The van der Waals surface area contributed by atoms with Gasteiger partial charge in [0.2, 0.25) is 0 Å². The van der Waals surface area contributed by atoms with Crippen LogP contribution < -0.4 is 0 Å². The molecule has 3 unspecified atom stereocenters. The number of terminal acetylenes is 1. The zero-order valence-corrected chi connectivity index (χ0v) is 14.4. The number of fused-ring (bicyclic) bond motifs is 5. The van der Waals surface area contributed by atoms with Crippen LogP contribution in [0.2, 0.25) is 0 Å². The Bertz CT molecular complexity index is 660. The molecular weight excluding hydrogens is 280 g/mol. The molecule has 4 aliphatic rings. The monoisotopic (exact) mass is 308 g/mol. The summed E-state index contributed by atoms with van der Waals surface area (Å²) in [5.74, 6) is 5.36. The highest BCUT2D eigenvalue weighted by atomic mass is 16.3. The molecule has 0 spiro atoms. The summed E-state index contributed by atoms with van der Waals surface area (Å²) in [5.41, 5.74) is 2.70. The average molecular weight is 308 g/mol. The van der Waals surface area contributed by atoms with Gasteiger partial charge in [-0.2, -0.15) is 0 Å². The standard InChI is InChI=1S/C22H28O/c1-5-22(23)15(3)13-20-19-9-7-16-12-14(2)6-8-17(16)18(19)10-11-21(20,22)4/h1,7,12,17-20,23H,3,6,8-11,13H2,2,4H3/t17?,18?,19-,20?,21+,22+/m1/s1. The third kappa shape index (κ3) is 1.85. The van der Waals surface area contributed by atoms with Crippen molar-refractivity contribution in [1.82, 2.24) is 0 Å². The minimum absolute atomic E-state index is 0.189. The maximum Gasteiger partial charge on any atom is 0.152 e. The highest BCUT2D eigenvalue weighted by molar-refractivity contribution is 5.40. The van der Waals surface area contributed by atoms with Crippen molar-refractivity contribution in [2.75, 3.05) is 0 Å². The Hall–Kier alpha value is -1.26. The Kier molecular flexibility index (Phi) is 3.23. The lowest BCUT2D eigenvalue weighted by molar-refractivity contribution is -0.0714. The second kappa shape index (κ2) is 4.87. The van der Waals surface area contributed by atoms with E-state index in [1.807, 2.05) is 0 Å². The predicted octanol–water partition coefficient (Wildman–Crippen LogP) is 4.65. The van der Waals surface area contributed by atoms with E-state index in [0.29, 0.717) is 11.8 Å². The van der Waals surface area contributed by atoms with Gasteiger partial charge < -0.3 is 5.11 Å². The van der Waals surface area contributed by atoms with Gasteiger partial charge >= 0.3 is 0 Å². The van der Waals surface area contributed by atoms with Crippen LogP contribution in [-0.4, -0.2) is 10.7 Å². The molecule has 0 bridgehead atoms. The Balaban J connectivity index is 1.71. The van der Waals surface area contributed by atoms with E-state index in [4.69, 9.17) is 6.42 Å². The van der Waals surface area contributed by atoms with Crippen LogP contribution in [0, 0.1) is 41.4 Å². The van der Waals surface area contributed by atoms with Gasteiger partial charge in [-0.1, -0.05) is 37.1 Å². The van der Waals surface area contributed by atoms with Gasteiger partial charge in [0.05, 0.1) is 0 Å². The van der Waals surface area contributed by atoms with E-state index < -0.39 is 5.60 Å². The van der Waals surface area contributed by atoms with Crippen LogP contribution in [0.5, 0.6) is 0 Å². The summed E-state index contributed by atoms with van der Waals surface area (Å²) in [6.45, 7) is 8.64. The van der Waals surface area contributed by atoms with Crippen molar-refractivity contribution in [2.45, 2.75) is 58.0 Å². The highest BCUT2D eigenvalue weighted by Crippen LogP contribution is 2.65. The van der Waals surface area contributed by atoms with E-state index in [9.17, 15) is 5.11 Å². The van der Waals surface area contributed by atoms with Crippen molar-refractivity contribution in [2.24, 2.45) is 29.1 Å². The van der Waals surface area contributed by atoms with Crippen molar-refractivity contribution in [3.63, 3.8) is 0 Å². The number of allylic oxidation sites excluding steroid dienone is 4. The van der Waals surface area contributed by atoms with Crippen LogP contribution in [0.4, 0.5) is 0 Å². The summed E-state index contributed by atoms with van der Waals surface area (Å²) in [6.07, 6.45) is 17.5. The van der Waals surface area contributed by atoms with Gasteiger partial charge in [0, 0.05) is 5.41 Å². The van der Waals surface area contributed by atoms with Crippen molar-refractivity contribution in [3.05, 3.63) is 35.5 Å². The smallest absolute Gasteiger partial charge is 0.152 e. The van der Waals surface area contributed by atoms with Crippen molar-refractivity contribution < 1.29 is 5.11 Å². The lowest BCUT2D eigenvalue weighted by Crippen LogP contribution is -2.51. The molecule has 2 saturated carbocycles. The van der Waals surface area contributed by atoms with Crippen LogP contribution in [0.1, 0.15) is 52.4 Å². The minimum atomic E-state index is -1.10. The number of hydrogen-bond acceptors (Lipinski definition) is 1. The normalized spacial score (nSPS) is 48.5. The van der Waals surface area contributed by atoms with E-state index in [1.54, 1.807) is 5.57 Å². The molecule has 0 aliphatic heterocycles. The van der Waals surface area contributed by atoms with Crippen LogP contribution in [0.15, 0.2) is 35.5 Å². The fourth-order valence-electron chi connectivity index (χ4n) is 6.34.